The molecule has 0 bridgehead atoms. The molecular weight excluding hydrogens is 317 g/mol. The highest BCUT2D eigenvalue weighted by atomic mass is 32.2. The second-order valence-corrected chi connectivity index (χ2v) is 6.93. The van der Waals surface area contributed by atoms with Crippen LogP contribution in [0.4, 0.5) is 4.39 Å². The molecule has 0 saturated heterocycles. The van der Waals surface area contributed by atoms with Gasteiger partial charge in [-0.1, -0.05) is 19.1 Å². The Morgan fingerprint density at radius 1 is 1.17 bits per heavy atom. The molecule has 124 valence electrons. The second-order valence-electron chi connectivity index (χ2n) is 5.16. The van der Waals surface area contributed by atoms with Gasteiger partial charge in [-0.3, -0.25) is 0 Å². The highest BCUT2D eigenvalue weighted by Crippen LogP contribution is 2.15. The van der Waals surface area contributed by atoms with Gasteiger partial charge in [0.05, 0.1) is 4.90 Å². The SMILES string of the molecule is CCc1cccc(OCCNS(=O)(=O)c2ccc(F)c(C)c2)c1. The van der Waals surface area contributed by atoms with Crippen LogP contribution in [0.15, 0.2) is 47.4 Å². The molecule has 0 aliphatic carbocycles. The Morgan fingerprint density at radius 2 is 1.96 bits per heavy atom. The fourth-order valence-electron chi connectivity index (χ4n) is 2.07. The van der Waals surface area contributed by atoms with Gasteiger partial charge in [-0.2, -0.15) is 0 Å². The number of nitrogens with one attached hydrogen (secondary N) is 1. The van der Waals surface area contributed by atoms with E-state index in [1.54, 1.807) is 0 Å². The maximum Gasteiger partial charge on any atom is 0.240 e. The minimum atomic E-state index is -3.66. The van der Waals surface area contributed by atoms with Crippen molar-refractivity contribution in [2.24, 2.45) is 0 Å². The second kappa shape index (κ2) is 7.57. The van der Waals surface area contributed by atoms with E-state index in [1.807, 2.05) is 24.3 Å². The van der Waals surface area contributed by atoms with E-state index in [4.69, 9.17) is 4.74 Å². The predicted octanol–water partition coefficient (Wildman–Crippen LogP) is 3.05. The predicted molar refractivity (Wildman–Crippen MR) is 87.6 cm³/mol. The fourth-order valence-corrected chi connectivity index (χ4v) is 3.17. The van der Waals surface area contributed by atoms with Gasteiger partial charge in [-0.05, 0) is 54.8 Å². The summed E-state index contributed by atoms with van der Waals surface area (Å²) >= 11 is 0. The van der Waals surface area contributed by atoms with Crippen molar-refractivity contribution < 1.29 is 17.5 Å². The van der Waals surface area contributed by atoms with Crippen LogP contribution in [-0.2, 0) is 16.4 Å². The lowest BCUT2D eigenvalue weighted by Crippen LogP contribution is -2.28. The topological polar surface area (TPSA) is 55.4 Å². The molecule has 0 unspecified atom stereocenters. The molecule has 0 saturated carbocycles. The van der Waals surface area contributed by atoms with Crippen LogP contribution in [0.25, 0.3) is 0 Å². The summed E-state index contributed by atoms with van der Waals surface area (Å²) < 4.78 is 45.4. The van der Waals surface area contributed by atoms with E-state index >= 15 is 0 Å². The zero-order chi connectivity index (χ0) is 16.9. The third kappa shape index (κ3) is 4.77. The standard InChI is InChI=1S/C17H20FNO3S/c1-3-14-5-4-6-15(12-14)22-10-9-19-23(20,21)16-7-8-17(18)13(2)11-16/h4-8,11-12,19H,3,9-10H2,1-2H3. The van der Waals surface area contributed by atoms with Crippen molar-refractivity contribution in [2.45, 2.75) is 25.2 Å². The zero-order valence-corrected chi connectivity index (χ0v) is 14.0. The summed E-state index contributed by atoms with van der Waals surface area (Å²) in [5, 5.41) is 0. The highest BCUT2D eigenvalue weighted by Gasteiger charge is 2.14. The molecule has 0 heterocycles. The fraction of sp³-hybridized carbons (Fsp3) is 0.294. The molecule has 0 aliphatic rings. The molecule has 0 fully saturated rings. The smallest absolute Gasteiger partial charge is 0.240 e. The Morgan fingerprint density at radius 3 is 2.65 bits per heavy atom. The lowest BCUT2D eigenvalue weighted by atomic mass is 10.2. The average molecular weight is 337 g/mol. The van der Waals surface area contributed by atoms with Crippen LogP contribution in [0.2, 0.25) is 0 Å². The van der Waals surface area contributed by atoms with E-state index in [-0.39, 0.29) is 18.0 Å². The van der Waals surface area contributed by atoms with Gasteiger partial charge in [0.2, 0.25) is 10.0 Å². The summed E-state index contributed by atoms with van der Waals surface area (Å²) in [5.41, 5.74) is 1.45. The number of sulfonamides is 1. The molecule has 0 aliphatic heterocycles. The first-order chi connectivity index (χ1) is 10.9. The van der Waals surface area contributed by atoms with E-state index < -0.39 is 15.8 Å². The first-order valence-corrected chi connectivity index (χ1v) is 8.88. The van der Waals surface area contributed by atoms with Crippen LogP contribution in [0.3, 0.4) is 0 Å². The van der Waals surface area contributed by atoms with Crippen LogP contribution >= 0.6 is 0 Å². The third-order valence-corrected chi connectivity index (χ3v) is 4.87. The summed E-state index contributed by atoms with van der Waals surface area (Å²) in [6.07, 6.45) is 0.910. The Labute approximate surface area is 136 Å². The lowest BCUT2D eigenvalue weighted by molar-refractivity contribution is 0.322. The summed E-state index contributed by atoms with van der Waals surface area (Å²) in [5.74, 6) is 0.282. The molecule has 1 N–H and O–H groups in total. The summed E-state index contributed by atoms with van der Waals surface area (Å²) in [7, 11) is -3.66. The number of ether oxygens (including phenoxy) is 1. The zero-order valence-electron chi connectivity index (χ0n) is 13.2. The van der Waals surface area contributed by atoms with E-state index in [1.165, 1.54) is 19.1 Å². The normalized spacial score (nSPS) is 11.4. The van der Waals surface area contributed by atoms with Gasteiger partial charge < -0.3 is 4.74 Å². The molecule has 2 aromatic carbocycles. The third-order valence-electron chi connectivity index (χ3n) is 3.41. The molecule has 0 radical (unpaired) electrons. The van der Waals surface area contributed by atoms with Crippen molar-refractivity contribution in [3.63, 3.8) is 0 Å². The van der Waals surface area contributed by atoms with Crippen LogP contribution in [0.5, 0.6) is 5.75 Å². The Balaban J connectivity index is 1.90. The van der Waals surface area contributed by atoms with Gasteiger partial charge in [0, 0.05) is 6.54 Å². The number of aryl methyl sites for hydroxylation is 2. The maximum absolute atomic E-state index is 13.2. The van der Waals surface area contributed by atoms with Crippen LogP contribution in [0, 0.1) is 12.7 Å². The summed E-state index contributed by atoms with van der Waals surface area (Å²) in [4.78, 5) is 0.0457. The molecule has 0 aromatic heterocycles. The van der Waals surface area contributed by atoms with E-state index in [0.717, 1.165) is 18.1 Å². The van der Waals surface area contributed by atoms with Gasteiger partial charge in [-0.25, -0.2) is 17.5 Å². The molecule has 0 spiro atoms. The van der Waals surface area contributed by atoms with Crippen molar-refractivity contribution in [3.8, 4) is 5.75 Å². The van der Waals surface area contributed by atoms with Crippen molar-refractivity contribution in [1.29, 1.82) is 0 Å². The first-order valence-electron chi connectivity index (χ1n) is 7.40. The van der Waals surface area contributed by atoms with Gasteiger partial charge in [0.25, 0.3) is 0 Å². The number of rotatable bonds is 7. The monoisotopic (exact) mass is 337 g/mol. The van der Waals surface area contributed by atoms with Gasteiger partial charge >= 0.3 is 0 Å². The molecule has 2 aromatic rings. The minimum absolute atomic E-state index is 0.0457. The van der Waals surface area contributed by atoms with Gasteiger partial charge in [0.1, 0.15) is 18.2 Å². The van der Waals surface area contributed by atoms with E-state index in [2.05, 4.69) is 11.6 Å². The first kappa shape index (κ1) is 17.4. The molecule has 2 rings (SSSR count). The summed E-state index contributed by atoms with van der Waals surface area (Å²) in [6.45, 7) is 3.93. The van der Waals surface area contributed by atoms with Crippen LogP contribution in [-0.4, -0.2) is 21.6 Å². The van der Waals surface area contributed by atoms with Crippen LogP contribution < -0.4 is 9.46 Å². The lowest BCUT2D eigenvalue weighted by Gasteiger charge is -2.10. The Kier molecular flexibility index (Phi) is 5.74. The van der Waals surface area contributed by atoms with Crippen molar-refractivity contribution in [2.75, 3.05) is 13.2 Å². The number of hydrogen-bond donors (Lipinski definition) is 1. The molecule has 4 nitrogen and oxygen atoms in total. The minimum Gasteiger partial charge on any atom is -0.492 e. The largest absolute Gasteiger partial charge is 0.492 e. The molecular formula is C17H20FNO3S. The van der Waals surface area contributed by atoms with Gasteiger partial charge in [-0.15, -0.1) is 0 Å². The maximum atomic E-state index is 13.2. The quantitative estimate of drug-likeness (QED) is 0.790. The number of hydrogen-bond acceptors (Lipinski definition) is 3. The highest BCUT2D eigenvalue weighted by molar-refractivity contribution is 7.89. The average Bonchev–Trinajstić information content (AvgIpc) is 2.54. The summed E-state index contributed by atoms with van der Waals surface area (Å²) in [6, 6.07) is 11.4. The molecule has 6 heteroatoms. The van der Waals surface area contributed by atoms with Gasteiger partial charge in [0.15, 0.2) is 0 Å². The van der Waals surface area contributed by atoms with E-state index in [9.17, 15) is 12.8 Å². The van der Waals surface area contributed by atoms with Crippen molar-refractivity contribution >= 4 is 10.0 Å². The van der Waals surface area contributed by atoms with Crippen molar-refractivity contribution in [1.82, 2.24) is 4.72 Å². The number of benzene rings is 2. The molecule has 0 atom stereocenters. The van der Waals surface area contributed by atoms with Crippen LogP contribution in [0.1, 0.15) is 18.1 Å². The Bertz CT molecular complexity index is 775. The molecule has 23 heavy (non-hydrogen) atoms. The van der Waals surface area contributed by atoms with E-state index in [0.29, 0.717) is 11.3 Å². The molecule has 0 amide bonds. The van der Waals surface area contributed by atoms with Crippen molar-refractivity contribution in [3.05, 3.63) is 59.4 Å². The Hall–Kier alpha value is -1.92. The number of halogens is 1.